The van der Waals surface area contributed by atoms with Crippen LogP contribution in [-0.2, 0) is 22.9 Å². The standard InChI is InChI=1S/C6H14O9P2/c1-4-2-6(15-17(10,11)12)14-5(4)3-13-16(7,8)9/h4-6H,2-3H2,1H3,(H2,7,8,9)(H2,10,11,12). The molecule has 4 N–H and O–H groups in total. The summed E-state index contributed by atoms with van der Waals surface area (Å²) in [6.07, 6.45) is -1.57. The van der Waals surface area contributed by atoms with Crippen molar-refractivity contribution in [2.45, 2.75) is 25.7 Å². The van der Waals surface area contributed by atoms with Gasteiger partial charge in [0.2, 0.25) is 0 Å². The van der Waals surface area contributed by atoms with Crippen molar-refractivity contribution in [2.24, 2.45) is 5.92 Å². The number of hydrogen-bond donors (Lipinski definition) is 4. The molecule has 0 aliphatic carbocycles. The third-order valence-electron chi connectivity index (χ3n) is 2.19. The van der Waals surface area contributed by atoms with Gasteiger partial charge < -0.3 is 24.3 Å². The third-order valence-corrected chi connectivity index (χ3v) is 3.18. The Hall–Kier alpha value is 0.180. The van der Waals surface area contributed by atoms with Crippen LogP contribution in [0.4, 0.5) is 0 Å². The second-order valence-corrected chi connectivity index (χ2v) is 6.13. The van der Waals surface area contributed by atoms with Crippen molar-refractivity contribution in [1.29, 1.82) is 0 Å². The van der Waals surface area contributed by atoms with Crippen LogP contribution in [0.25, 0.3) is 0 Å². The summed E-state index contributed by atoms with van der Waals surface area (Å²) in [6.45, 7) is 1.32. The van der Waals surface area contributed by atoms with E-state index in [1.165, 1.54) is 0 Å². The van der Waals surface area contributed by atoms with Crippen molar-refractivity contribution in [1.82, 2.24) is 0 Å². The topological polar surface area (TPSA) is 143 Å². The molecule has 1 heterocycles. The molecule has 0 aromatic heterocycles. The SMILES string of the molecule is CC1CC(OP(=O)(O)O)OC1COP(=O)(O)O. The van der Waals surface area contributed by atoms with E-state index in [4.69, 9.17) is 24.3 Å². The average molecular weight is 292 g/mol. The van der Waals surface area contributed by atoms with Crippen molar-refractivity contribution >= 4 is 15.6 Å². The molecule has 1 saturated heterocycles. The summed E-state index contributed by atoms with van der Waals surface area (Å²) in [7, 11) is -9.22. The van der Waals surface area contributed by atoms with Crippen LogP contribution in [0, 0.1) is 5.92 Å². The minimum absolute atomic E-state index is 0.196. The molecule has 3 unspecified atom stereocenters. The molecule has 0 amide bonds. The van der Waals surface area contributed by atoms with Crippen LogP contribution in [0.5, 0.6) is 0 Å². The Labute approximate surface area is 97.2 Å². The van der Waals surface area contributed by atoms with Gasteiger partial charge in [0.1, 0.15) is 0 Å². The van der Waals surface area contributed by atoms with Crippen molar-refractivity contribution in [3.05, 3.63) is 0 Å². The van der Waals surface area contributed by atoms with E-state index in [1.54, 1.807) is 6.92 Å². The predicted molar refractivity (Wildman–Crippen MR) is 53.6 cm³/mol. The summed E-state index contributed by atoms with van der Waals surface area (Å²) in [5.41, 5.74) is 0. The third kappa shape index (κ3) is 6.05. The summed E-state index contributed by atoms with van der Waals surface area (Å²) in [5, 5.41) is 0. The van der Waals surface area contributed by atoms with Crippen LogP contribution in [-0.4, -0.2) is 38.6 Å². The molecule has 0 saturated carbocycles. The van der Waals surface area contributed by atoms with E-state index in [9.17, 15) is 9.13 Å². The van der Waals surface area contributed by atoms with Gasteiger partial charge in [-0.3, -0.25) is 9.05 Å². The molecule has 1 fully saturated rings. The van der Waals surface area contributed by atoms with Crippen molar-refractivity contribution in [3.63, 3.8) is 0 Å². The Bertz CT molecular complexity index is 345. The molecule has 9 nitrogen and oxygen atoms in total. The van der Waals surface area contributed by atoms with E-state index in [0.717, 1.165) is 0 Å². The van der Waals surface area contributed by atoms with Gasteiger partial charge in [-0.05, 0) is 5.92 Å². The second-order valence-electron chi connectivity index (χ2n) is 3.70. The van der Waals surface area contributed by atoms with Gasteiger partial charge in [-0.25, -0.2) is 9.13 Å². The Kier molecular flexibility index (Phi) is 4.88. The van der Waals surface area contributed by atoms with Crippen molar-refractivity contribution < 1.29 is 42.5 Å². The molecule has 0 radical (unpaired) electrons. The lowest BCUT2D eigenvalue weighted by atomic mass is 10.1. The Morgan fingerprint density at radius 3 is 2.29 bits per heavy atom. The highest BCUT2D eigenvalue weighted by molar-refractivity contribution is 7.46. The Morgan fingerprint density at radius 2 is 1.82 bits per heavy atom. The number of ether oxygens (including phenoxy) is 1. The first-order valence-electron chi connectivity index (χ1n) is 4.66. The van der Waals surface area contributed by atoms with Crippen molar-refractivity contribution in [3.8, 4) is 0 Å². The molecule has 102 valence electrons. The molecule has 0 aromatic rings. The largest absolute Gasteiger partial charge is 0.471 e. The fraction of sp³-hybridized carbons (Fsp3) is 1.00. The fourth-order valence-corrected chi connectivity index (χ4v) is 2.22. The van der Waals surface area contributed by atoms with E-state index in [-0.39, 0.29) is 18.9 Å². The minimum atomic E-state index is -4.64. The zero-order valence-electron chi connectivity index (χ0n) is 8.87. The van der Waals surface area contributed by atoms with Gasteiger partial charge in [-0.2, -0.15) is 0 Å². The summed E-state index contributed by atoms with van der Waals surface area (Å²) < 4.78 is 34.7. The molecular weight excluding hydrogens is 278 g/mol. The van der Waals surface area contributed by atoms with E-state index < -0.39 is 28.0 Å². The number of rotatable bonds is 5. The maximum Gasteiger partial charge on any atom is 0.471 e. The monoisotopic (exact) mass is 292 g/mol. The molecule has 1 rings (SSSR count). The van der Waals surface area contributed by atoms with E-state index in [1.807, 2.05) is 0 Å². The first kappa shape index (κ1) is 15.2. The highest BCUT2D eigenvalue weighted by Gasteiger charge is 2.37. The van der Waals surface area contributed by atoms with Crippen LogP contribution < -0.4 is 0 Å². The summed E-state index contributed by atoms with van der Waals surface area (Å²) in [6, 6.07) is 0. The highest BCUT2D eigenvalue weighted by atomic mass is 31.2. The zero-order valence-corrected chi connectivity index (χ0v) is 10.7. The van der Waals surface area contributed by atoms with E-state index in [0.29, 0.717) is 0 Å². The van der Waals surface area contributed by atoms with Gasteiger partial charge in [0.25, 0.3) is 0 Å². The maximum absolute atomic E-state index is 10.6. The van der Waals surface area contributed by atoms with Crippen molar-refractivity contribution in [2.75, 3.05) is 6.61 Å². The highest BCUT2D eigenvalue weighted by Crippen LogP contribution is 2.43. The van der Waals surface area contributed by atoms with Crippen LogP contribution >= 0.6 is 15.6 Å². The lowest BCUT2D eigenvalue weighted by Crippen LogP contribution is -2.21. The first-order chi connectivity index (χ1) is 7.57. The quantitative estimate of drug-likeness (QED) is 0.513. The summed E-state index contributed by atoms with van der Waals surface area (Å²) in [4.78, 5) is 34.1. The fourth-order valence-electron chi connectivity index (χ4n) is 1.44. The van der Waals surface area contributed by atoms with Gasteiger partial charge in [-0.15, -0.1) is 0 Å². The summed E-state index contributed by atoms with van der Waals surface area (Å²) >= 11 is 0. The van der Waals surface area contributed by atoms with Gasteiger partial charge in [0.15, 0.2) is 6.29 Å². The zero-order chi connectivity index (χ0) is 13.3. The minimum Gasteiger partial charge on any atom is -0.346 e. The van der Waals surface area contributed by atoms with Gasteiger partial charge in [-0.1, -0.05) is 6.92 Å². The first-order valence-corrected chi connectivity index (χ1v) is 7.72. The molecule has 3 atom stereocenters. The number of hydrogen-bond acceptors (Lipinski definition) is 5. The molecule has 0 aromatic carbocycles. The normalized spacial score (nSPS) is 30.8. The number of phosphoric acid groups is 2. The van der Waals surface area contributed by atoms with Crippen LogP contribution in [0.1, 0.15) is 13.3 Å². The van der Waals surface area contributed by atoms with Crippen LogP contribution in [0.15, 0.2) is 0 Å². The molecule has 11 heteroatoms. The second kappa shape index (κ2) is 5.44. The van der Waals surface area contributed by atoms with E-state index in [2.05, 4.69) is 9.05 Å². The van der Waals surface area contributed by atoms with Gasteiger partial charge >= 0.3 is 15.6 Å². The smallest absolute Gasteiger partial charge is 0.346 e. The van der Waals surface area contributed by atoms with Gasteiger partial charge in [0.05, 0.1) is 12.7 Å². The Balaban J connectivity index is 2.45. The van der Waals surface area contributed by atoms with E-state index >= 15 is 0 Å². The molecule has 1 aliphatic heterocycles. The van der Waals surface area contributed by atoms with Gasteiger partial charge in [0, 0.05) is 6.42 Å². The summed E-state index contributed by atoms with van der Waals surface area (Å²) in [5.74, 6) is -0.196. The Morgan fingerprint density at radius 1 is 1.24 bits per heavy atom. The lowest BCUT2D eigenvalue weighted by Gasteiger charge is -2.16. The van der Waals surface area contributed by atoms with Crippen LogP contribution in [0.3, 0.4) is 0 Å². The maximum atomic E-state index is 10.6. The molecule has 17 heavy (non-hydrogen) atoms. The molecule has 0 bridgehead atoms. The lowest BCUT2D eigenvalue weighted by molar-refractivity contribution is -0.0969. The molecule has 1 aliphatic rings. The van der Waals surface area contributed by atoms with Crippen LogP contribution in [0.2, 0.25) is 0 Å². The molecular formula is C6H14O9P2. The number of phosphoric ester groups is 2. The average Bonchev–Trinajstić information content (AvgIpc) is 2.38. The molecule has 0 spiro atoms. The predicted octanol–water partition coefficient (Wildman–Crippen LogP) is -0.0439.